The number of alkyl carbamates (subject to hydrolysis) is 1. The highest BCUT2D eigenvalue weighted by atomic mass is 16.6. The lowest BCUT2D eigenvalue weighted by Crippen LogP contribution is -2.42. The van der Waals surface area contributed by atoms with E-state index in [-0.39, 0.29) is 31.8 Å². The van der Waals surface area contributed by atoms with Crippen molar-refractivity contribution in [2.24, 2.45) is 0 Å². The minimum absolute atomic E-state index is 0.0217. The van der Waals surface area contributed by atoms with Gasteiger partial charge < -0.3 is 25.2 Å². The van der Waals surface area contributed by atoms with E-state index in [1.54, 1.807) is 12.1 Å². The van der Waals surface area contributed by atoms with E-state index in [2.05, 4.69) is 15.4 Å². The third kappa shape index (κ3) is 11.4. The molecule has 1 rings (SSSR count). The lowest BCUT2D eigenvalue weighted by atomic mass is 10.1. The number of esters is 1. The molecule has 0 aliphatic rings. The fourth-order valence-electron chi connectivity index (χ4n) is 2.47. The number of carboxylic acid groups (broad SMARTS) is 1. The van der Waals surface area contributed by atoms with Crippen molar-refractivity contribution >= 4 is 23.9 Å². The van der Waals surface area contributed by atoms with Crippen LogP contribution in [0.1, 0.15) is 44.1 Å². The van der Waals surface area contributed by atoms with Crippen molar-refractivity contribution in [3.63, 3.8) is 0 Å². The fourth-order valence-corrected chi connectivity index (χ4v) is 2.47. The Morgan fingerprint density at radius 2 is 1.76 bits per heavy atom. The van der Waals surface area contributed by atoms with Crippen LogP contribution in [0.4, 0.5) is 4.79 Å². The Balaban J connectivity index is 2.31. The van der Waals surface area contributed by atoms with E-state index in [0.717, 1.165) is 5.56 Å². The average Bonchev–Trinajstić information content (AvgIpc) is 2.72. The van der Waals surface area contributed by atoms with Crippen LogP contribution >= 0.6 is 0 Å². The summed E-state index contributed by atoms with van der Waals surface area (Å²) in [5.74, 6) is -1.77. The van der Waals surface area contributed by atoms with E-state index in [1.807, 2.05) is 18.2 Å². The molecule has 0 saturated carbocycles. The molecule has 0 aliphatic heterocycles. The number of carbonyl (C=O) groups excluding carboxylic acids is 3. The number of hydrogen-bond acceptors (Lipinski definition) is 6. The summed E-state index contributed by atoms with van der Waals surface area (Å²) >= 11 is 0. The second-order valence-electron chi connectivity index (χ2n) is 6.37. The minimum Gasteiger partial charge on any atom is -0.481 e. The van der Waals surface area contributed by atoms with Crippen molar-refractivity contribution in [2.75, 3.05) is 13.7 Å². The summed E-state index contributed by atoms with van der Waals surface area (Å²) in [6.07, 6.45) is 1.36. The minimum atomic E-state index is -0.996. The molecule has 3 N–H and O–H groups in total. The van der Waals surface area contributed by atoms with Gasteiger partial charge in [0.2, 0.25) is 5.91 Å². The van der Waals surface area contributed by atoms with Crippen LogP contribution in [0, 0.1) is 0 Å². The molecule has 0 aliphatic carbocycles. The Bertz CT molecular complexity index is 664. The number of amides is 2. The predicted octanol–water partition coefficient (Wildman–Crippen LogP) is 2.00. The molecule has 1 aromatic carbocycles. The SMILES string of the molecule is COC(=O)C(CCC(=O)NCCCCCC(=O)O)NC(=O)OCc1ccccc1. The van der Waals surface area contributed by atoms with Crippen LogP contribution in [0.15, 0.2) is 30.3 Å². The maximum absolute atomic E-state index is 11.9. The number of carbonyl (C=O) groups is 4. The Hall–Kier alpha value is -3.10. The van der Waals surface area contributed by atoms with Gasteiger partial charge in [0.15, 0.2) is 0 Å². The molecule has 0 aromatic heterocycles. The smallest absolute Gasteiger partial charge is 0.408 e. The van der Waals surface area contributed by atoms with Gasteiger partial charge in [0.05, 0.1) is 7.11 Å². The number of hydrogen-bond donors (Lipinski definition) is 3. The fraction of sp³-hybridized carbons (Fsp3) is 0.500. The summed E-state index contributed by atoms with van der Waals surface area (Å²) in [5, 5.41) is 13.7. The number of aliphatic carboxylic acids is 1. The van der Waals surface area contributed by atoms with Gasteiger partial charge in [-0.1, -0.05) is 36.8 Å². The topological polar surface area (TPSA) is 131 Å². The number of carboxylic acids is 1. The van der Waals surface area contributed by atoms with E-state index in [9.17, 15) is 19.2 Å². The van der Waals surface area contributed by atoms with Crippen LogP contribution in [0.25, 0.3) is 0 Å². The first-order valence-electron chi connectivity index (χ1n) is 9.46. The molecule has 2 amide bonds. The average molecular weight is 408 g/mol. The monoisotopic (exact) mass is 408 g/mol. The van der Waals surface area contributed by atoms with Gasteiger partial charge in [-0.25, -0.2) is 9.59 Å². The molecular formula is C20H28N2O7. The summed E-state index contributed by atoms with van der Waals surface area (Å²) in [7, 11) is 1.20. The first kappa shape index (κ1) is 23.9. The molecule has 9 heteroatoms. The quantitative estimate of drug-likeness (QED) is 0.336. The number of unbranched alkanes of at least 4 members (excludes halogenated alkanes) is 2. The Labute approximate surface area is 169 Å². The van der Waals surface area contributed by atoms with Crippen molar-refractivity contribution in [2.45, 2.75) is 51.2 Å². The standard InChI is InChI=1S/C20H28N2O7/c1-28-19(26)16(22-20(27)29-14-15-8-4-2-5-9-15)11-12-17(23)21-13-7-3-6-10-18(24)25/h2,4-5,8-9,16H,3,6-7,10-14H2,1H3,(H,21,23)(H,22,27)(H,24,25). The van der Waals surface area contributed by atoms with Crippen LogP contribution in [0.3, 0.4) is 0 Å². The molecule has 160 valence electrons. The summed E-state index contributed by atoms with van der Waals surface area (Å²) < 4.78 is 9.74. The van der Waals surface area contributed by atoms with Crippen molar-refractivity contribution in [3.05, 3.63) is 35.9 Å². The number of nitrogens with one attached hydrogen (secondary N) is 2. The zero-order valence-corrected chi connectivity index (χ0v) is 16.5. The van der Waals surface area contributed by atoms with Crippen molar-refractivity contribution < 1.29 is 33.8 Å². The van der Waals surface area contributed by atoms with Crippen LogP contribution in [-0.4, -0.2) is 48.7 Å². The zero-order chi connectivity index (χ0) is 21.5. The van der Waals surface area contributed by atoms with Crippen molar-refractivity contribution in [1.82, 2.24) is 10.6 Å². The highest BCUT2D eigenvalue weighted by molar-refractivity contribution is 5.82. The van der Waals surface area contributed by atoms with E-state index < -0.39 is 24.1 Å². The molecule has 0 spiro atoms. The third-order valence-corrected chi connectivity index (χ3v) is 4.04. The summed E-state index contributed by atoms with van der Waals surface area (Å²) in [6, 6.07) is 8.09. The predicted molar refractivity (Wildman–Crippen MR) is 104 cm³/mol. The highest BCUT2D eigenvalue weighted by Crippen LogP contribution is 2.04. The molecule has 0 saturated heterocycles. The molecule has 0 fully saturated rings. The normalized spacial score (nSPS) is 11.2. The number of ether oxygens (including phenoxy) is 2. The molecule has 1 aromatic rings. The summed E-state index contributed by atoms with van der Waals surface area (Å²) in [5.41, 5.74) is 0.806. The number of methoxy groups -OCH3 is 1. The molecule has 1 atom stereocenters. The summed E-state index contributed by atoms with van der Waals surface area (Å²) in [4.78, 5) is 46.1. The van der Waals surface area contributed by atoms with Crippen LogP contribution in [-0.2, 0) is 30.5 Å². The van der Waals surface area contributed by atoms with E-state index in [1.165, 1.54) is 7.11 Å². The van der Waals surface area contributed by atoms with Gasteiger partial charge in [0.1, 0.15) is 12.6 Å². The van der Waals surface area contributed by atoms with Gasteiger partial charge in [-0.2, -0.15) is 0 Å². The Morgan fingerprint density at radius 3 is 2.41 bits per heavy atom. The molecule has 0 radical (unpaired) electrons. The third-order valence-electron chi connectivity index (χ3n) is 4.04. The Kier molecular flexibility index (Phi) is 11.5. The first-order valence-corrected chi connectivity index (χ1v) is 9.46. The van der Waals surface area contributed by atoms with Gasteiger partial charge in [0.25, 0.3) is 0 Å². The van der Waals surface area contributed by atoms with Crippen LogP contribution in [0.2, 0.25) is 0 Å². The van der Waals surface area contributed by atoms with Crippen molar-refractivity contribution in [1.29, 1.82) is 0 Å². The molecule has 9 nitrogen and oxygen atoms in total. The van der Waals surface area contributed by atoms with Gasteiger partial charge in [-0.15, -0.1) is 0 Å². The van der Waals surface area contributed by atoms with Gasteiger partial charge in [-0.3, -0.25) is 9.59 Å². The number of benzene rings is 1. The molecular weight excluding hydrogens is 380 g/mol. The molecule has 0 heterocycles. The highest BCUT2D eigenvalue weighted by Gasteiger charge is 2.23. The van der Waals surface area contributed by atoms with E-state index >= 15 is 0 Å². The largest absolute Gasteiger partial charge is 0.481 e. The van der Waals surface area contributed by atoms with E-state index in [4.69, 9.17) is 9.84 Å². The molecule has 29 heavy (non-hydrogen) atoms. The zero-order valence-electron chi connectivity index (χ0n) is 16.5. The van der Waals surface area contributed by atoms with Crippen molar-refractivity contribution in [3.8, 4) is 0 Å². The maximum atomic E-state index is 11.9. The molecule has 0 bridgehead atoms. The van der Waals surface area contributed by atoms with Gasteiger partial charge >= 0.3 is 18.0 Å². The van der Waals surface area contributed by atoms with Crippen LogP contribution < -0.4 is 10.6 Å². The first-order chi connectivity index (χ1) is 13.9. The lowest BCUT2D eigenvalue weighted by Gasteiger charge is -2.16. The summed E-state index contributed by atoms with van der Waals surface area (Å²) in [6.45, 7) is 0.483. The molecule has 1 unspecified atom stereocenters. The van der Waals surface area contributed by atoms with Gasteiger partial charge in [-0.05, 0) is 24.8 Å². The second-order valence-corrected chi connectivity index (χ2v) is 6.37. The van der Waals surface area contributed by atoms with E-state index in [0.29, 0.717) is 25.8 Å². The Morgan fingerprint density at radius 1 is 1.03 bits per heavy atom. The van der Waals surface area contributed by atoms with Gasteiger partial charge in [0, 0.05) is 19.4 Å². The number of rotatable bonds is 13. The van der Waals surface area contributed by atoms with Crippen LogP contribution in [0.5, 0.6) is 0 Å². The lowest BCUT2D eigenvalue weighted by molar-refractivity contribution is -0.143. The maximum Gasteiger partial charge on any atom is 0.408 e. The second kappa shape index (κ2) is 14.0.